The van der Waals surface area contributed by atoms with Crippen LogP contribution in [0.3, 0.4) is 0 Å². The molecule has 0 radical (unpaired) electrons. The van der Waals surface area contributed by atoms with Crippen LogP contribution in [0.15, 0.2) is 47.8 Å². The van der Waals surface area contributed by atoms with Crippen LogP contribution in [0.2, 0.25) is 0 Å². The zero-order valence-corrected chi connectivity index (χ0v) is 18.5. The molecule has 0 saturated heterocycles. The third-order valence-electron chi connectivity index (χ3n) is 3.68. The Hall–Kier alpha value is -2.15. The lowest BCUT2D eigenvalue weighted by molar-refractivity contribution is -0.693. The monoisotopic (exact) mass is 436 g/mol. The molecule has 0 saturated carbocycles. The Bertz CT molecular complexity index is 777. The molecule has 0 aliphatic heterocycles. The second-order valence-corrected chi connectivity index (χ2v) is 7.31. The van der Waals surface area contributed by atoms with Gasteiger partial charge in [0, 0.05) is 26.1 Å². The number of imidazole rings is 1. The first kappa shape index (κ1) is 22.9. The first-order valence-corrected chi connectivity index (χ1v) is 8.84. The fraction of sp³-hybridized carbons (Fsp3) is 0.450. The summed E-state index contributed by atoms with van der Waals surface area (Å²) in [6.45, 7) is 7.83. The maximum Gasteiger partial charge on any atom is 0.349 e. The molecule has 0 bridgehead atoms. The lowest BCUT2D eigenvalue weighted by Crippen LogP contribution is -3.00. The number of nitrogens with zero attached hydrogens (tertiary/aromatic N) is 4. The topological polar surface area (TPSA) is 50.7 Å². The fourth-order valence-electron chi connectivity index (χ4n) is 2.65. The minimum atomic E-state index is -0.490. The second-order valence-electron chi connectivity index (χ2n) is 7.31. The molecule has 2 rings (SSSR count). The largest absolute Gasteiger partial charge is 1.00 e. The number of hydrogen-bond acceptors (Lipinski definition) is 3. The van der Waals surface area contributed by atoms with Crippen LogP contribution in [0.4, 0.5) is 0 Å². The number of carbonyl (C=O) groups is 1. The van der Waals surface area contributed by atoms with Crippen LogP contribution in [-0.2, 0) is 22.5 Å². The number of amidine groups is 1. The summed E-state index contributed by atoms with van der Waals surface area (Å²) in [5, 5.41) is 4.79. The van der Waals surface area contributed by atoms with Gasteiger partial charge in [-0.2, -0.15) is 0 Å². The normalized spacial score (nSPS) is 11.7. The summed E-state index contributed by atoms with van der Waals surface area (Å²) in [7, 11) is 3.94. The highest BCUT2D eigenvalue weighted by Crippen LogP contribution is 2.08. The van der Waals surface area contributed by atoms with Crippen LogP contribution in [-0.4, -0.2) is 41.1 Å². The Morgan fingerprint density at radius 3 is 2.37 bits per heavy atom. The van der Waals surface area contributed by atoms with Crippen molar-refractivity contribution in [3.63, 3.8) is 0 Å². The predicted molar refractivity (Wildman–Crippen MR) is 102 cm³/mol. The van der Waals surface area contributed by atoms with Gasteiger partial charge in [-0.3, -0.25) is 0 Å². The summed E-state index contributed by atoms with van der Waals surface area (Å²) >= 11 is 0. The van der Waals surface area contributed by atoms with Crippen molar-refractivity contribution in [2.24, 2.45) is 5.10 Å². The number of hydrogen-bond donors (Lipinski definition) is 0. The molecular weight excluding hydrogens is 408 g/mol. The van der Waals surface area contributed by atoms with Crippen LogP contribution < -0.4 is 21.5 Å². The van der Waals surface area contributed by atoms with E-state index in [1.54, 1.807) is 0 Å². The van der Waals surface area contributed by atoms with Crippen molar-refractivity contribution in [3.05, 3.63) is 54.1 Å². The molecule has 0 aliphatic carbocycles. The average Bonchev–Trinajstić information content (AvgIpc) is 2.92. The molecule has 0 atom stereocenters. The molecule has 0 fully saturated rings. The van der Waals surface area contributed by atoms with Crippen molar-refractivity contribution < 1.29 is 31.1 Å². The fourth-order valence-corrected chi connectivity index (χ4v) is 2.65. The van der Waals surface area contributed by atoms with Crippen molar-refractivity contribution in [1.82, 2.24) is 9.58 Å². The molecule has 0 aliphatic rings. The van der Waals surface area contributed by atoms with Crippen molar-refractivity contribution in [3.8, 4) is 0 Å². The van der Waals surface area contributed by atoms with E-state index >= 15 is 0 Å². The number of aromatic nitrogens is 2. The van der Waals surface area contributed by atoms with E-state index in [9.17, 15) is 4.79 Å². The first-order valence-electron chi connectivity index (χ1n) is 8.84. The molecule has 1 heterocycles. The highest BCUT2D eigenvalue weighted by atomic mass is 79.9. The molecule has 148 valence electrons. The third kappa shape index (κ3) is 6.50. The van der Waals surface area contributed by atoms with Gasteiger partial charge in [0.2, 0.25) is 0 Å². The Morgan fingerprint density at radius 2 is 1.85 bits per heavy atom. The molecule has 1 aromatic carbocycles. The van der Waals surface area contributed by atoms with Crippen molar-refractivity contribution in [1.29, 1.82) is 0 Å². The van der Waals surface area contributed by atoms with Gasteiger partial charge in [0.1, 0.15) is 11.8 Å². The molecular formula is C20H29BrN4O2. The van der Waals surface area contributed by atoms with Crippen LogP contribution in [0.1, 0.15) is 39.1 Å². The molecule has 0 N–H and O–H groups in total. The Kier molecular flexibility index (Phi) is 8.21. The summed E-state index contributed by atoms with van der Waals surface area (Å²) in [6.07, 6.45) is 4.48. The summed E-state index contributed by atoms with van der Waals surface area (Å²) in [5.74, 6) is 1.53. The summed E-state index contributed by atoms with van der Waals surface area (Å²) < 4.78 is 9.14. The van der Waals surface area contributed by atoms with Gasteiger partial charge in [-0.05, 0) is 20.8 Å². The molecule has 0 amide bonds. The lowest BCUT2D eigenvalue weighted by Gasteiger charge is -2.18. The minimum absolute atomic E-state index is 0. The summed E-state index contributed by atoms with van der Waals surface area (Å²) in [5.41, 5.74) is 0.544. The van der Waals surface area contributed by atoms with Gasteiger partial charge in [-0.25, -0.2) is 9.36 Å². The molecule has 6 nitrogen and oxygen atoms in total. The van der Waals surface area contributed by atoms with Gasteiger partial charge in [0.15, 0.2) is 18.6 Å². The highest BCUT2D eigenvalue weighted by molar-refractivity contribution is 5.98. The van der Waals surface area contributed by atoms with E-state index in [0.29, 0.717) is 0 Å². The number of halogens is 1. The smallest absolute Gasteiger partial charge is 0.349 e. The van der Waals surface area contributed by atoms with Crippen molar-refractivity contribution >= 4 is 11.8 Å². The van der Waals surface area contributed by atoms with E-state index in [1.165, 1.54) is 0 Å². The van der Waals surface area contributed by atoms with Gasteiger partial charge >= 0.3 is 5.97 Å². The molecule has 1 aromatic heterocycles. The van der Waals surface area contributed by atoms with Gasteiger partial charge in [0.25, 0.3) is 5.82 Å². The molecule has 2 aromatic rings. The Labute approximate surface area is 172 Å². The number of ether oxygens (including phenoxy) is 1. The number of esters is 1. The number of carbonyl (C=O) groups excluding carboxylic acids is 1. The third-order valence-corrected chi connectivity index (χ3v) is 3.68. The van der Waals surface area contributed by atoms with E-state index in [4.69, 9.17) is 9.84 Å². The first-order chi connectivity index (χ1) is 12.2. The quantitative estimate of drug-likeness (QED) is 0.273. The lowest BCUT2D eigenvalue weighted by atomic mass is 10.2. The van der Waals surface area contributed by atoms with Crippen LogP contribution in [0.5, 0.6) is 0 Å². The number of rotatable bonds is 5. The Morgan fingerprint density at radius 1 is 1.22 bits per heavy atom. The zero-order valence-electron chi connectivity index (χ0n) is 16.9. The second kappa shape index (κ2) is 9.69. The summed E-state index contributed by atoms with van der Waals surface area (Å²) in [4.78, 5) is 14.1. The number of benzene rings is 1. The van der Waals surface area contributed by atoms with Crippen LogP contribution >= 0.6 is 0 Å². The predicted octanol–water partition coefficient (Wildman–Crippen LogP) is -0.545. The van der Waals surface area contributed by atoms with E-state index in [0.717, 1.165) is 23.6 Å². The van der Waals surface area contributed by atoms with E-state index in [2.05, 4.69) is 0 Å². The van der Waals surface area contributed by atoms with Crippen LogP contribution in [0.25, 0.3) is 0 Å². The van der Waals surface area contributed by atoms with Gasteiger partial charge < -0.3 is 26.6 Å². The van der Waals surface area contributed by atoms with E-state index in [1.807, 2.05) is 98.7 Å². The van der Waals surface area contributed by atoms with E-state index in [-0.39, 0.29) is 29.5 Å². The highest BCUT2D eigenvalue weighted by Gasteiger charge is 2.23. The minimum Gasteiger partial charge on any atom is -1.00 e. The summed E-state index contributed by atoms with van der Waals surface area (Å²) in [6, 6.07) is 10.0. The van der Waals surface area contributed by atoms with Crippen LogP contribution in [0, 0.1) is 0 Å². The standard InChI is InChI=1S/C20H29N4O2.BrH/c1-7-17-23(15-18(25)26-20(2,3)4)13-14-24(17)21-19(22(5)6)16-11-9-8-10-12-16;/h8-14H,7,15H2,1-6H3;1H/q+1;/p-1. The molecule has 0 unspecified atom stereocenters. The SMILES string of the molecule is CCc1n(N=C(c2ccccc2)N(C)C)cc[n+]1CC(=O)OC(C)(C)C.[Br-]. The maximum absolute atomic E-state index is 12.2. The van der Waals surface area contributed by atoms with Gasteiger partial charge in [0.05, 0.1) is 0 Å². The van der Waals surface area contributed by atoms with E-state index < -0.39 is 5.60 Å². The van der Waals surface area contributed by atoms with Crippen molar-refractivity contribution in [2.75, 3.05) is 14.1 Å². The Balaban J connectivity index is 0.00000364. The van der Waals surface area contributed by atoms with Crippen molar-refractivity contribution in [2.45, 2.75) is 46.3 Å². The maximum atomic E-state index is 12.2. The zero-order chi connectivity index (χ0) is 19.3. The molecule has 7 heteroatoms. The molecule has 27 heavy (non-hydrogen) atoms. The van der Waals surface area contributed by atoms with Gasteiger partial charge in [-0.1, -0.05) is 42.4 Å². The molecule has 0 spiro atoms. The van der Waals surface area contributed by atoms with Gasteiger partial charge in [-0.15, -0.1) is 4.68 Å². The average molecular weight is 437 g/mol.